The molecule has 0 saturated heterocycles. The molecule has 1 amide bonds. The molecule has 0 radical (unpaired) electrons. The first-order valence-electron chi connectivity index (χ1n) is 7.38. The van der Waals surface area contributed by atoms with Crippen LogP contribution < -0.4 is 5.32 Å². The number of fused-ring (bicyclic) bond motifs is 1. The number of benzene rings is 1. The molecule has 2 aromatic heterocycles. The SMILES string of the molecule is CC(CNC(=O)c1[nH]nc2ncccc12)(C(=O)O)c1ccccc1. The summed E-state index contributed by atoms with van der Waals surface area (Å²) in [5.74, 6) is -1.43. The molecule has 122 valence electrons. The predicted molar refractivity (Wildman–Crippen MR) is 87.7 cm³/mol. The van der Waals surface area contributed by atoms with Gasteiger partial charge in [-0.05, 0) is 24.6 Å². The van der Waals surface area contributed by atoms with E-state index in [1.807, 2.05) is 6.07 Å². The van der Waals surface area contributed by atoms with Crippen molar-refractivity contribution in [2.24, 2.45) is 0 Å². The van der Waals surface area contributed by atoms with Crippen molar-refractivity contribution in [3.05, 3.63) is 59.9 Å². The van der Waals surface area contributed by atoms with Crippen molar-refractivity contribution in [3.63, 3.8) is 0 Å². The quantitative estimate of drug-likeness (QED) is 0.662. The van der Waals surface area contributed by atoms with Crippen LogP contribution in [0, 0.1) is 0 Å². The maximum Gasteiger partial charge on any atom is 0.315 e. The topological polar surface area (TPSA) is 108 Å². The summed E-state index contributed by atoms with van der Waals surface area (Å²) in [7, 11) is 0. The molecule has 0 aliphatic carbocycles. The molecule has 0 aliphatic heterocycles. The number of nitrogens with zero attached hydrogens (tertiary/aromatic N) is 2. The second-order valence-corrected chi connectivity index (χ2v) is 5.66. The number of aromatic nitrogens is 3. The van der Waals surface area contributed by atoms with E-state index in [9.17, 15) is 14.7 Å². The molecule has 7 nitrogen and oxygen atoms in total. The molecule has 1 unspecified atom stereocenters. The van der Waals surface area contributed by atoms with Gasteiger partial charge in [0.25, 0.3) is 5.91 Å². The van der Waals surface area contributed by atoms with Crippen molar-refractivity contribution in [2.45, 2.75) is 12.3 Å². The van der Waals surface area contributed by atoms with Gasteiger partial charge < -0.3 is 10.4 Å². The zero-order valence-corrected chi connectivity index (χ0v) is 13.0. The Balaban J connectivity index is 1.83. The third-order valence-electron chi connectivity index (χ3n) is 4.04. The molecule has 3 rings (SSSR count). The number of hydrogen-bond donors (Lipinski definition) is 3. The van der Waals surface area contributed by atoms with E-state index < -0.39 is 17.3 Å². The molecule has 3 aromatic rings. The number of amides is 1. The van der Waals surface area contributed by atoms with Crippen LogP contribution >= 0.6 is 0 Å². The van der Waals surface area contributed by atoms with E-state index in [0.29, 0.717) is 16.6 Å². The summed E-state index contributed by atoms with van der Waals surface area (Å²) in [5.41, 5.74) is 0.0879. The Bertz CT molecular complexity index is 891. The summed E-state index contributed by atoms with van der Waals surface area (Å²) >= 11 is 0. The molecule has 0 spiro atoms. The van der Waals surface area contributed by atoms with E-state index in [2.05, 4.69) is 20.5 Å². The number of hydrogen-bond acceptors (Lipinski definition) is 4. The highest BCUT2D eigenvalue weighted by atomic mass is 16.4. The first-order chi connectivity index (χ1) is 11.5. The lowest BCUT2D eigenvalue weighted by Crippen LogP contribution is -2.44. The summed E-state index contributed by atoms with van der Waals surface area (Å²) in [5, 5.41) is 19.5. The summed E-state index contributed by atoms with van der Waals surface area (Å²) < 4.78 is 0. The monoisotopic (exact) mass is 324 g/mol. The standard InChI is InChI=1S/C17H16N4O3/c1-17(16(23)24,11-6-3-2-4-7-11)10-19-15(22)13-12-8-5-9-18-14(12)21-20-13/h2-9H,10H2,1H3,(H,19,22)(H,23,24)(H,18,20,21). The Kier molecular flexibility index (Phi) is 3.99. The Morgan fingerprint density at radius 3 is 2.67 bits per heavy atom. The van der Waals surface area contributed by atoms with Crippen LogP contribution in [0.4, 0.5) is 0 Å². The number of nitrogens with one attached hydrogen (secondary N) is 2. The van der Waals surface area contributed by atoms with Crippen molar-refractivity contribution in [1.29, 1.82) is 0 Å². The smallest absolute Gasteiger partial charge is 0.315 e. The van der Waals surface area contributed by atoms with Crippen molar-refractivity contribution in [3.8, 4) is 0 Å². The molecule has 0 aliphatic rings. The Morgan fingerprint density at radius 2 is 1.96 bits per heavy atom. The molecule has 24 heavy (non-hydrogen) atoms. The minimum absolute atomic E-state index is 0.0496. The van der Waals surface area contributed by atoms with Gasteiger partial charge in [0.15, 0.2) is 5.65 Å². The van der Waals surface area contributed by atoms with E-state index in [1.54, 1.807) is 49.5 Å². The Morgan fingerprint density at radius 1 is 1.21 bits per heavy atom. The lowest BCUT2D eigenvalue weighted by molar-refractivity contribution is -0.142. The molecule has 2 heterocycles. The average molecular weight is 324 g/mol. The van der Waals surface area contributed by atoms with Crippen LogP contribution in [0.1, 0.15) is 23.0 Å². The van der Waals surface area contributed by atoms with Crippen molar-refractivity contribution in [2.75, 3.05) is 6.54 Å². The van der Waals surface area contributed by atoms with Crippen LogP contribution in [0.3, 0.4) is 0 Å². The minimum atomic E-state index is -1.23. The van der Waals surface area contributed by atoms with E-state index in [-0.39, 0.29) is 12.2 Å². The van der Waals surface area contributed by atoms with Gasteiger partial charge in [-0.25, -0.2) is 4.98 Å². The number of carboxylic acids is 1. The molecule has 0 saturated carbocycles. The summed E-state index contributed by atoms with van der Waals surface area (Å²) in [6, 6.07) is 12.3. The van der Waals surface area contributed by atoms with Gasteiger partial charge in [0, 0.05) is 12.7 Å². The largest absolute Gasteiger partial charge is 0.481 e. The molecule has 3 N–H and O–H groups in total. The van der Waals surface area contributed by atoms with Gasteiger partial charge in [-0.1, -0.05) is 30.3 Å². The van der Waals surface area contributed by atoms with Gasteiger partial charge >= 0.3 is 5.97 Å². The van der Waals surface area contributed by atoms with Crippen molar-refractivity contribution < 1.29 is 14.7 Å². The average Bonchev–Trinajstić information content (AvgIpc) is 3.04. The van der Waals surface area contributed by atoms with Crippen LogP contribution in [0.25, 0.3) is 11.0 Å². The zero-order chi connectivity index (χ0) is 17.2. The van der Waals surface area contributed by atoms with Crippen LogP contribution in [-0.4, -0.2) is 38.7 Å². The third kappa shape index (κ3) is 2.71. The van der Waals surface area contributed by atoms with Gasteiger partial charge in [0.2, 0.25) is 0 Å². The highest BCUT2D eigenvalue weighted by molar-refractivity contribution is 6.04. The number of aromatic amines is 1. The molecule has 1 atom stereocenters. The van der Waals surface area contributed by atoms with Crippen molar-refractivity contribution in [1.82, 2.24) is 20.5 Å². The molecular formula is C17H16N4O3. The number of aliphatic carboxylic acids is 1. The van der Waals surface area contributed by atoms with E-state index in [0.717, 1.165) is 0 Å². The first kappa shape index (κ1) is 15.7. The number of pyridine rings is 1. The fourth-order valence-corrected chi connectivity index (χ4v) is 2.48. The first-order valence-corrected chi connectivity index (χ1v) is 7.38. The van der Waals surface area contributed by atoms with E-state index in [1.165, 1.54) is 0 Å². The number of carbonyl (C=O) groups is 2. The highest BCUT2D eigenvalue weighted by Crippen LogP contribution is 2.23. The van der Waals surface area contributed by atoms with Crippen LogP contribution in [0.5, 0.6) is 0 Å². The Hall–Kier alpha value is -3.22. The predicted octanol–water partition coefficient (Wildman–Crippen LogP) is 1.73. The summed E-state index contributed by atoms with van der Waals surface area (Å²) in [6.45, 7) is 1.53. The fourth-order valence-electron chi connectivity index (χ4n) is 2.48. The van der Waals surface area contributed by atoms with Gasteiger partial charge in [0.05, 0.1) is 5.39 Å². The second kappa shape index (κ2) is 6.11. The number of rotatable bonds is 5. The maximum absolute atomic E-state index is 12.4. The van der Waals surface area contributed by atoms with Gasteiger partial charge in [0.1, 0.15) is 11.1 Å². The van der Waals surface area contributed by atoms with Gasteiger partial charge in [-0.2, -0.15) is 5.10 Å². The Labute approximate surface area is 137 Å². The number of carbonyl (C=O) groups excluding carboxylic acids is 1. The zero-order valence-electron chi connectivity index (χ0n) is 13.0. The number of H-pyrrole nitrogens is 1. The number of carboxylic acid groups (broad SMARTS) is 1. The molecule has 0 fully saturated rings. The fraction of sp³-hybridized carbons (Fsp3) is 0.176. The molecule has 0 bridgehead atoms. The summed E-state index contributed by atoms with van der Waals surface area (Å²) in [6.07, 6.45) is 1.59. The molecule has 7 heteroatoms. The van der Waals surface area contributed by atoms with Crippen molar-refractivity contribution >= 4 is 22.9 Å². The minimum Gasteiger partial charge on any atom is -0.481 e. The van der Waals surface area contributed by atoms with Crippen LogP contribution in [0.2, 0.25) is 0 Å². The summed E-state index contributed by atoms with van der Waals surface area (Å²) in [4.78, 5) is 28.2. The normalized spacial score (nSPS) is 13.4. The van der Waals surface area contributed by atoms with Gasteiger partial charge in [-0.15, -0.1) is 0 Å². The third-order valence-corrected chi connectivity index (χ3v) is 4.04. The highest BCUT2D eigenvalue weighted by Gasteiger charge is 2.35. The second-order valence-electron chi connectivity index (χ2n) is 5.66. The maximum atomic E-state index is 12.4. The lowest BCUT2D eigenvalue weighted by atomic mass is 9.82. The van der Waals surface area contributed by atoms with Gasteiger partial charge in [-0.3, -0.25) is 14.7 Å². The van der Waals surface area contributed by atoms with E-state index >= 15 is 0 Å². The molecule has 1 aromatic carbocycles. The van der Waals surface area contributed by atoms with Crippen LogP contribution in [-0.2, 0) is 10.2 Å². The van der Waals surface area contributed by atoms with E-state index in [4.69, 9.17) is 0 Å². The molecular weight excluding hydrogens is 308 g/mol. The lowest BCUT2D eigenvalue weighted by Gasteiger charge is -2.25. The van der Waals surface area contributed by atoms with Crippen LogP contribution in [0.15, 0.2) is 48.7 Å².